The largest absolute Gasteiger partial charge is 0.395 e. The first kappa shape index (κ1) is 5.69. The fourth-order valence-corrected chi connectivity index (χ4v) is 2.17. The molecule has 2 rings (SSSR count). The number of nitrogens with one attached hydrogen (secondary N) is 1. The van der Waals surface area contributed by atoms with Crippen molar-refractivity contribution in [2.24, 2.45) is 5.92 Å². The number of rotatable bonds is 1. The Morgan fingerprint density at radius 3 is 2.67 bits per heavy atom. The van der Waals surface area contributed by atoms with E-state index in [0.29, 0.717) is 12.6 Å². The van der Waals surface area contributed by atoms with E-state index in [1.54, 1.807) is 0 Å². The van der Waals surface area contributed by atoms with Gasteiger partial charge < -0.3 is 10.4 Å². The Morgan fingerprint density at radius 1 is 1.44 bits per heavy atom. The van der Waals surface area contributed by atoms with Gasteiger partial charge >= 0.3 is 0 Å². The van der Waals surface area contributed by atoms with Crippen molar-refractivity contribution in [3.05, 3.63) is 0 Å². The molecule has 1 aliphatic heterocycles. The molecule has 52 valence electrons. The summed E-state index contributed by atoms with van der Waals surface area (Å²) < 4.78 is 0. The van der Waals surface area contributed by atoms with Crippen LogP contribution in [0.2, 0.25) is 0 Å². The molecule has 0 aromatic rings. The fraction of sp³-hybridized carbons (Fsp3) is 1.00. The molecular weight excluding hydrogens is 114 g/mol. The molecule has 2 heteroatoms. The molecule has 0 aromatic carbocycles. The molecule has 2 N–H and O–H groups in total. The predicted molar refractivity (Wildman–Crippen MR) is 35.1 cm³/mol. The summed E-state index contributed by atoms with van der Waals surface area (Å²) in [4.78, 5) is 0. The van der Waals surface area contributed by atoms with Gasteiger partial charge in [-0.3, -0.25) is 0 Å². The second-order valence-corrected chi connectivity index (χ2v) is 3.23. The average molecular weight is 127 g/mol. The number of fused-ring (bicyclic) bond motifs is 2. The maximum absolute atomic E-state index is 8.83. The molecule has 0 radical (unpaired) electrons. The molecule has 2 fully saturated rings. The smallest absolute Gasteiger partial charge is 0.0587 e. The highest BCUT2D eigenvalue weighted by atomic mass is 16.3. The molecule has 1 saturated carbocycles. The number of hydrogen-bond donors (Lipinski definition) is 2. The van der Waals surface area contributed by atoms with Crippen LogP contribution in [0.15, 0.2) is 0 Å². The highest BCUT2D eigenvalue weighted by molar-refractivity contribution is 4.96. The summed E-state index contributed by atoms with van der Waals surface area (Å²) in [5, 5.41) is 12.2. The summed E-state index contributed by atoms with van der Waals surface area (Å²) in [6.45, 7) is 0.334. The highest BCUT2D eigenvalue weighted by Crippen LogP contribution is 2.34. The summed E-state index contributed by atoms with van der Waals surface area (Å²) in [6.07, 6.45) is 3.98. The van der Waals surface area contributed by atoms with Crippen molar-refractivity contribution >= 4 is 0 Å². The lowest BCUT2D eigenvalue weighted by Crippen LogP contribution is -2.37. The maximum Gasteiger partial charge on any atom is 0.0587 e. The Balaban J connectivity index is 2.01. The van der Waals surface area contributed by atoms with E-state index >= 15 is 0 Å². The van der Waals surface area contributed by atoms with E-state index < -0.39 is 0 Å². The molecule has 1 saturated heterocycles. The number of piperidine rings is 1. The van der Waals surface area contributed by atoms with Gasteiger partial charge in [-0.15, -0.1) is 0 Å². The van der Waals surface area contributed by atoms with E-state index in [0.717, 1.165) is 12.0 Å². The minimum atomic E-state index is 0.334. The molecule has 0 spiro atoms. The summed E-state index contributed by atoms with van der Waals surface area (Å²) in [7, 11) is 0. The van der Waals surface area contributed by atoms with Gasteiger partial charge in [0.1, 0.15) is 0 Å². The Bertz CT molecular complexity index is 115. The zero-order valence-electron chi connectivity index (χ0n) is 5.51. The SMILES string of the molecule is OC[C@H]1NC2CC[C@H]1C2. The second-order valence-electron chi connectivity index (χ2n) is 3.23. The number of hydrogen-bond acceptors (Lipinski definition) is 2. The average Bonchev–Trinajstić information content (AvgIpc) is 2.45. The molecule has 9 heavy (non-hydrogen) atoms. The van der Waals surface area contributed by atoms with Gasteiger partial charge in [-0.2, -0.15) is 0 Å². The molecule has 2 bridgehead atoms. The molecule has 0 amide bonds. The first-order valence-electron chi connectivity index (χ1n) is 3.77. The minimum absolute atomic E-state index is 0.334. The van der Waals surface area contributed by atoms with E-state index in [1.165, 1.54) is 19.3 Å². The van der Waals surface area contributed by atoms with Crippen LogP contribution in [0, 0.1) is 5.92 Å². The Labute approximate surface area is 55.3 Å². The van der Waals surface area contributed by atoms with Gasteiger partial charge in [-0.05, 0) is 25.2 Å². The van der Waals surface area contributed by atoms with Crippen LogP contribution in [-0.4, -0.2) is 23.8 Å². The third-order valence-corrected chi connectivity index (χ3v) is 2.69. The van der Waals surface area contributed by atoms with E-state index in [-0.39, 0.29) is 0 Å². The van der Waals surface area contributed by atoms with Crippen LogP contribution in [0.5, 0.6) is 0 Å². The van der Waals surface area contributed by atoms with Crippen molar-refractivity contribution in [3.63, 3.8) is 0 Å². The standard InChI is InChI=1S/C7H13NO/c9-4-7-5-1-2-6(3-5)8-7/h5-9H,1-4H2/t5-,6?,7+/m0/s1. The van der Waals surface area contributed by atoms with Crippen molar-refractivity contribution in [2.45, 2.75) is 31.3 Å². The Hall–Kier alpha value is -0.0800. The molecule has 0 aromatic heterocycles. The molecule has 1 unspecified atom stereocenters. The van der Waals surface area contributed by atoms with E-state index in [4.69, 9.17) is 5.11 Å². The molecule has 1 aliphatic carbocycles. The molecule has 2 nitrogen and oxygen atoms in total. The fourth-order valence-electron chi connectivity index (χ4n) is 2.17. The van der Waals surface area contributed by atoms with Crippen LogP contribution in [0.1, 0.15) is 19.3 Å². The minimum Gasteiger partial charge on any atom is -0.395 e. The summed E-state index contributed by atoms with van der Waals surface area (Å²) in [6, 6.07) is 1.18. The van der Waals surface area contributed by atoms with Crippen molar-refractivity contribution < 1.29 is 5.11 Å². The first-order valence-corrected chi connectivity index (χ1v) is 3.77. The van der Waals surface area contributed by atoms with Gasteiger partial charge in [0, 0.05) is 12.1 Å². The van der Waals surface area contributed by atoms with E-state index in [9.17, 15) is 0 Å². The lowest BCUT2D eigenvalue weighted by molar-refractivity contribution is 0.210. The second kappa shape index (κ2) is 1.96. The van der Waals surface area contributed by atoms with Crippen LogP contribution < -0.4 is 5.32 Å². The van der Waals surface area contributed by atoms with E-state index in [2.05, 4.69) is 5.32 Å². The maximum atomic E-state index is 8.83. The molecular formula is C7H13NO. The van der Waals surface area contributed by atoms with Gasteiger partial charge in [0.15, 0.2) is 0 Å². The molecule has 2 aliphatic rings. The summed E-state index contributed by atoms with van der Waals surface area (Å²) in [5.74, 6) is 0.792. The van der Waals surface area contributed by atoms with Crippen molar-refractivity contribution in [1.29, 1.82) is 0 Å². The Morgan fingerprint density at radius 2 is 2.33 bits per heavy atom. The van der Waals surface area contributed by atoms with Gasteiger partial charge in [0.05, 0.1) is 6.61 Å². The van der Waals surface area contributed by atoms with Gasteiger partial charge in [0.2, 0.25) is 0 Å². The summed E-state index contributed by atoms with van der Waals surface area (Å²) >= 11 is 0. The molecule has 3 atom stereocenters. The summed E-state index contributed by atoms with van der Waals surface area (Å²) in [5.41, 5.74) is 0. The third kappa shape index (κ3) is 0.775. The number of aliphatic hydroxyl groups excluding tert-OH is 1. The quantitative estimate of drug-likeness (QED) is 0.524. The topological polar surface area (TPSA) is 32.3 Å². The normalized spacial score (nSPS) is 48.3. The lowest BCUT2D eigenvalue weighted by atomic mass is 10.0. The third-order valence-electron chi connectivity index (χ3n) is 2.69. The Kier molecular flexibility index (Phi) is 1.24. The number of aliphatic hydroxyl groups is 1. The van der Waals surface area contributed by atoms with Crippen LogP contribution in [0.3, 0.4) is 0 Å². The van der Waals surface area contributed by atoms with Gasteiger partial charge in [-0.25, -0.2) is 0 Å². The monoisotopic (exact) mass is 127 g/mol. The zero-order chi connectivity index (χ0) is 6.27. The van der Waals surface area contributed by atoms with Crippen LogP contribution in [0.25, 0.3) is 0 Å². The van der Waals surface area contributed by atoms with Crippen molar-refractivity contribution in [3.8, 4) is 0 Å². The first-order chi connectivity index (χ1) is 4.40. The zero-order valence-corrected chi connectivity index (χ0v) is 5.51. The van der Waals surface area contributed by atoms with Crippen molar-refractivity contribution in [2.75, 3.05) is 6.61 Å². The van der Waals surface area contributed by atoms with Crippen molar-refractivity contribution in [1.82, 2.24) is 5.32 Å². The van der Waals surface area contributed by atoms with Gasteiger partial charge in [-0.1, -0.05) is 0 Å². The molecule has 1 heterocycles. The van der Waals surface area contributed by atoms with Crippen LogP contribution in [-0.2, 0) is 0 Å². The highest BCUT2D eigenvalue weighted by Gasteiger charge is 2.38. The lowest BCUT2D eigenvalue weighted by Gasteiger charge is -2.20. The van der Waals surface area contributed by atoms with Crippen LogP contribution >= 0.6 is 0 Å². The van der Waals surface area contributed by atoms with Gasteiger partial charge in [0.25, 0.3) is 0 Å². The van der Waals surface area contributed by atoms with E-state index in [1.807, 2.05) is 0 Å². The predicted octanol–water partition coefficient (Wildman–Crippen LogP) is 0.119. The van der Waals surface area contributed by atoms with Crippen LogP contribution in [0.4, 0.5) is 0 Å².